The molecule has 25 heavy (non-hydrogen) atoms. The number of amides is 2. The van der Waals surface area contributed by atoms with Crippen molar-refractivity contribution in [1.29, 1.82) is 0 Å². The first-order chi connectivity index (χ1) is 12.0. The lowest BCUT2D eigenvalue weighted by Gasteiger charge is -2.17. The van der Waals surface area contributed by atoms with E-state index in [1.165, 1.54) is 12.0 Å². The van der Waals surface area contributed by atoms with Crippen LogP contribution in [0.4, 0.5) is 16.2 Å². The standard InChI is InChI=1S/C18H19ClN2O4/c1-4-25-18(23)21(2)14-8-6-13(7-9-14)20-17(22)15-10-5-12(19)11-16(15)24-3/h5-11H,4H2,1-3H3,(H,20,22). The maximum Gasteiger partial charge on any atom is 0.413 e. The molecule has 7 heteroatoms. The molecule has 0 aliphatic heterocycles. The van der Waals surface area contributed by atoms with Crippen LogP contribution in [0.3, 0.4) is 0 Å². The lowest BCUT2D eigenvalue weighted by Crippen LogP contribution is -2.26. The minimum Gasteiger partial charge on any atom is -0.496 e. The second kappa shape index (κ2) is 8.39. The second-order valence-corrected chi connectivity index (χ2v) is 5.54. The van der Waals surface area contributed by atoms with Gasteiger partial charge in [0.05, 0.1) is 19.3 Å². The van der Waals surface area contributed by atoms with E-state index >= 15 is 0 Å². The van der Waals surface area contributed by atoms with Gasteiger partial charge in [-0.2, -0.15) is 0 Å². The molecular formula is C18H19ClN2O4. The Labute approximate surface area is 151 Å². The van der Waals surface area contributed by atoms with Crippen molar-refractivity contribution in [3.8, 4) is 5.75 Å². The molecule has 0 spiro atoms. The zero-order valence-electron chi connectivity index (χ0n) is 14.2. The monoisotopic (exact) mass is 362 g/mol. The second-order valence-electron chi connectivity index (χ2n) is 5.10. The van der Waals surface area contributed by atoms with Gasteiger partial charge in [0.2, 0.25) is 0 Å². The van der Waals surface area contributed by atoms with Crippen LogP contribution in [0.15, 0.2) is 42.5 Å². The predicted octanol–water partition coefficient (Wildman–Crippen LogP) is 4.19. The van der Waals surface area contributed by atoms with E-state index in [-0.39, 0.29) is 5.91 Å². The number of ether oxygens (including phenoxy) is 2. The van der Waals surface area contributed by atoms with Gasteiger partial charge in [-0.3, -0.25) is 9.69 Å². The number of benzene rings is 2. The summed E-state index contributed by atoms with van der Waals surface area (Å²) in [6.45, 7) is 2.05. The molecule has 0 aromatic heterocycles. The molecule has 0 heterocycles. The van der Waals surface area contributed by atoms with E-state index in [2.05, 4.69) is 5.32 Å². The number of nitrogens with one attached hydrogen (secondary N) is 1. The van der Waals surface area contributed by atoms with Crippen molar-refractivity contribution in [2.24, 2.45) is 0 Å². The molecule has 0 bridgehead atoms. The summed E-state index contributed by atoms with van der Waals surface area (Å²) in [6, 6.07) is 11.6. The normalized spacial score (nSPS) is 10.1. The summed E-state index contributed by atoms with van der Waals surface area (Å²) in [4.78, 5) is 25.5. The Balaban J connectivity index is 2.11. The molecule has 2 aromatic rings. The van der Waals surface area contributed by atoms with Crippen LogP contribution in [0.5, 0.6) is 5.75 Å². The molecule has 0 saturated heterocycles. The number of halogens is 1. The quantitative estimate of drug-likeness (QED) is 0.865. The van der Waals surface area contributed by atoms with E-state index in [1.807, 2.05) is 0 Å². The third-order valence-corrected chi connectivity index (χ3v) is 3.70. The van der Waals surface area contributed by atoms with Gasteiger partial charge in [0.25, 0.3) is 5.91 Å². The highest BCUT2D eigenvalue weighted by Crippen LogP contribution is 2.24. The van der Waals surface area contributed by atoms with Crippen molar-refractivity contribution in [2.75, 3.05) is 31.0 Å². The zero-order valence-corrected chi connectivity index (χ0v) is 15.0. The van der Waals surface area contributed by atoms with Gasteiger partial charge in [-0.25, -0.2) is 4.79 Å². The Morgan fingerprint density at radius 1 is 1.16 bits per heavy atom. The summed E-state index contributed by atoms with van der Waals surface area (Å²) in [6.07, 6.45) is -0.440. The van der Waals surface area contributed by atoms with Crippen molar-refractivity contribution < 1.29 is 19.1 Å². The Bertz CT molecular complexity index is 762. The largest absolute Gasteiger partial charge is 0.496 e. The fourth-order valence-corrected chi connectivity index (χ4v) is 2.31. The number of hydrogen-bond acceptors (Lipinski definition) is 4. The molecule has 132 valence electrons. The fourth-order valence-electron chi connectivity index (χ4n) is 2.15. The number of nitrogens with zero attached hydrogens (tertiary/aromatic N) is 1. The first-order valence-corrected chi connectivity index (χ1v) is 7.99. The number of anilines is 2. The molecule has 6 nitrogen and oxygen atoms in total. The molecular weight excluding hydrogens is 344 g/mol. The SMILES string of the molecule is CCOC(=O)N(C)c1ccc(NC(=O)c2ccc(Cl)cc2OC)cc1. The lowest BCUT2D eigenvalue weighted by molar-refractivity contribution is 0.102. The molecule has 1 N–H and O–H groups in total. The van der Waals surface area contributed by atoms with Crippen LogP contribution >= 0.6 is 11.6 Å². The lowest BCUT2D eigenvalue weighted by atomic mass is 10.1. The highest BCUT2D eigenvalue weighted by Gasteiger charge is 2.14. The highest BCUT2D eigenvalue weighted by atomic mass is 35.5. The first kappa shape index (κ1) is 18.6. The molecule has 0 atom stereocenters. The Morgan fingerprint density at radius 3 is 2.44 bits per heavy atom. The molecule has 0 unspecified atom stereocenters. The number of carbonyl (C=O) groups excluding carboxylic acids is 2. The van der Waals surface area contributed by atoms with E-state index in [1.54, 1.807) is 56.4 Å². The maximum atomic E-state index is 12.4. The number of hydrogen-bond donors (Lipinski definition) is 1. The summed E-state index contributed by atoms with van der Waals surface area (Å²) in [5.74, 6) is 0.0729. The van der Waals surface area contributed by atoms with Crippen LogP contribution in [0.2, 0.25) is 5.02 Å². The fraction of sp³-hybridized carbons (Fsp3) is 0.222. The third-order valence-electron chi connectivity index (χ3n) is 3.46. The van der Waals surface area contributed by atoms with Crippen LogP contribution in [0.25, 0.3) is 0 Å². The van der Waals surface area contributed by atoms with E-state index in [4.69, 9.17) is 21.1 Å². The predicted molar refractivity (Wildman–Crippen MR) is 97.8 cm³/mol. The average molecular weight is 363 g/mol. The molecule has 2 aromatic carbocycles. The molecule has 2 rings (SSSR count). The van der Waals surface area contributed by atoms with Gasteiger partial charge in [0.15, 0.2) is 0 Å². The van der Waals surface area contributed by atoms with Gasteiger partial charge in [0.1, 0.15) is 5.75 Å². The minimum atomic E-state index is -0.440. The van der Waals surface area contributed by atoms with Crippen molar-refractivity contribution in [3.05, 3.63) is 53.1 Å². The van der Waals surface area contributed by atoms with Crippen LogP contribution in [0, 0.1) is 0 Å². The molecule has 0 aliphatic rings. The zero-order chi connectivity index (χ0) is 18.4. The number of methoxy groups -OCH3 is 1. The summed E-state index contributed by atoms with van der Waals surface area (Å²) in [5.41, 5.74) is 1.61. The van der Waals surface area contributed by atoms with E-state index < -0.39 is 6.09 Å². The van der Waals surface area contributed by atoms with Crippen LogP contribution < -0.4 is 15.0 Å². The van der Waals surface area contributed by atoms with Crippen molar-refractivity contribution in [1.82, 2.24) is 0 Å². The van der Waals surface area contributed by atoms with Gasteiger partial charge in [-0.15, -0.1) is 0 Å². The summed E-state index contributed by atoms with van der Waals surface area (Å²) in [5, 5.41) is 3.26. The Morgan fingerprint density at radius 2 is 1.84 bits per heavy atom. The molecule has 2 amide bonds. The number of rotatable bonds is 5. The van der Waals surface area contributed by atoms with Crippen LogP contribution in [-0.2, 0) is 4.74 Å². The van der Waals surface area contributed by atoms with Crippen molar-refractivity contribution in [3.63, 3.8) is 0 Å². The maximum absolute atomic E-state index is 12.4. The van der Waals surface area contributed by atoms with E-state index in [0.29, 0.717) is 34.3 Å². The molecule has 0 saturated carbocycles. The van der Waals surface area contributed by atoms with Gasteiger partial charge in [-0.05, 0) is 49.4 Å². The van der Waals surface area contributed by atoms with E-state index in [0.717, 1.165) is 0 Å². The van der Waals surface area contributed by atoms with Gasteiger partial charge in [0, 0.05) is 23.4 Å². The smallest absolute Gasteiger partial charge is 0.413 e. The van der Waals surface area contributed by atoms with Gasteiger partial charge < -0.3 is 14.8 Å². The van der Waals surface area contributed by atoms with Crippen molar-refractivity contribution in [2.45, 2.75) is 6.92 Å². The van der Waals surface area contributed by atoms with Crippen LogP contribution in [0.1, 0.15) is 17.3 Å². The molecule has 0 fully saturated rings. The average Bonchev–Trinajstić information content (AvgIpc) is 2.61. The van der Waals surface area contributed by atoms with Gasteiger partial charge >= 0.3 is 6.09 Å². The molecule has 0 radical (unpaired) electrons. The minimum absolute atomic E-state index is 0.306. The highest BCUT2D eigenvalue weighted by molar-refractivity contribution is 6.31. The summed E-state index contributed by atoms with van der Waals surface area (Å²) in [7, 11) is 3.09. The summed E-state index contributed by atoms with van der Waals surface area (Å²) < 4.78 is 10.1. The summed E-state index contributed by atoms with van der Waals surface area (Å²) >= 11 is 5.90. The van der Waals surface area contributed by atoms with E-state index in [9.17, 15) is 9.59 Å². The third kappa shape index (κ3) is 4.64. The Kier molecular flexibility index (Phi) is 6.25. The first-order valence-electron chi connectivity index (χ1n) is 7.61. The van der Waals surface area contributed by atoms with Crippen LogP contribution in [-0.4, -0.2) is 32.8 Å². The molecule has 0 aliphatic carbocycles. The number of carbonyl (C=O) groups is 2. The van der Waals surface area contributed by atoms with Crippen molar-refractivity contribution >= 4 is 35.0 Å². The van der Waals surface area contributed by atoms with Gasteiger partial charge in [-0.1, -0.05) is 11.6 Å². The topological polar surface area (TPSA) is 67.9 Å². The Hall–Kier alpha value is -2.73.